The molecule has 146 valence electrons. The molecule has 0 unspecified atom stereocenters. The zero-order valence-corrected chi connectivity index (χ0v) is 11.8. The van der Waals surface area contributed by atoms with E-state index >= 15 is 0 Å². The Kier molecular flexibility index (Phi) is 5.59. The van der Waals surface area contributed by atoms with Crippen LogP contribution in [0.15, 0.2) is 0 Å². The first-order chi connectivity index (χ1) is 10.1. The molecule has 0 fully saturated rings. The Morgan fingerprint density at radius 3 is 0.917 bits per heavy atom. The van der Waals surface area contributed by atoms with Gasteiger partial charge in [0.15, 0.2) is 0 Å². The van der Waals surface area contributed by atoms with E-state index in [4.69, 9.17) is 0 Å². The van der Waals surface area contributed by atoms with E-state index in [9.17, 15) is 65.9 Å². The molecule has 0 atom stereocenters. The third-order valence-corrected chi connectivity index (χ3v) is 3.26. The van der Waals surface area contributed by atoms with Crippen LogP contribution in [0.4, 0.5) is 65.9 Å². The monoisotopic (exact) mass is 462 g/mol. The lowest BCUT2D eigenvalue weighted by atomic mass is 9.91. The van der Waals surface area contributed by atoms with E-state index in [0.29, 0.717) is 0 Å². The lowest BCUT2D eigenvalue weighted by Crippen LogP contribution is -2.72. The van der Waals surface area contributed by atoms with Crippen LogP contribution in [0.3, 0.4) is 0 Å². The largest absolute Gasteiger partial charge is 0.460 e. The van der Waals surface area contributed by atoms with Gasteiger partial charge in [-0.05, 0) is 0 Å². The summed E-state index contributed by atoms with van der Waals surface area (Å²) in [5.74, 6) is -46.0. The fourth-order valence-corrected chi connectivity index (χ4v) is 1.44. The molecule has 16 heteroatoms. The van der Waals surface area contributed by atoms with Gasteiger partial charge in [-0.1, -0.05) is 15.9 Å². The van der Waals surface area contributed by atoms with Gasteiger partial charge < -0.3 is 0 Å². The van der Waals surface area contributed by atoms with Gasteiger partial charge in [0.1, 0.15) is 0 Å². The van der Waals surface area contributed by atoms with Crippen molar-refractivity contribution < 1.29 is 65.9 Å². The van der Waals surface area contributed by atoms with Crippen LogP contribution < -0.4 is 0 Å². The Morgan fingerprint density at radius 2 is 0.667 bits per heavy atom. The van der Waals surface area contributed by atoms with E-state index < -0.39 is 47.0 Å². The highest BCUT2D eigenvalue weighted by Crippen LogP contribution is 2.62. The number of hydrogen-bond donors (Lipinski definition) is 0. The van der Waals surface area contributed by atoms with Crippen molar-refractivity contribution in [3.63, 3.8) is 0 Å². The summed E-state index contributed by atoms with van der Waals surface area (Å²) in [6.45, 7) is 0. The number of hydrogen-bond acceptors (Lipinski definition) is 0. The topological polar surface area (TPSA) is 0 Å². The molecule has 0 N–H and O–H groups in total. The maximum atomic E-state index is 12.9. The molecule has 0 nitrogen and oxygen atoms in total. The van der Waals surface area contributed by atoms with Crippen LogP contribution in [-0.4, -0.2) is 47.0 Å². The first-order valence-corrected chi connectivity index (χ1v) is 6.08. The van der Waals surface area contributed by atoms with E-state index in [1.165, 1.54) is 15.9 Å². The van der Waals surface area contributed by atoms with Crippen molar-refractivity contribution in [2.24, 2.45) is 0 Å². The van der Waals surface area contributed by atoms with Crippen LogP contribution in [0, 0.1) is 0 Å². The van der Waals surface area contributed by atoms with Gasteiger partial charge in [-0.15, -0.1) is 0 Å². The van der Waals surface area contributed by atoms with Crippen molar-refractivity contribution >= 4 is 15.9 Å². The molecule has 0 aromatic rings. The summed E-state index contributed by atoms with van der Waals surface area (Å²) < 4.78 is 188. The summed E-state index contributed by atoms with van der Waals surface area (Å²) in [7, 11) is 0. The van der Waals surface area contributed by atoms with Gasteiger partial charge in [0.2, 0.25) is 0 Å². The predicted molar refractivity (Wildman–Crippen MR) is 49.5 cm³/mol. The molecule has 0 saturated carbocycles. The summed E-state index contributed by atoms with van der Waals surface area (Å²) in [6.07, 6.45) is -7.58. The molecule has 24 heavy (non-hydrogen) atoms. The average molecular weight is 463 g/mol. The molecule has 0 aromatic carbocycles. The lowest BCUT2D eigenvalue weighted by Gasteiger charge is -2.41. The van der Waals surface area contributed by atoms with Gasteiger partial charge in [-0.3, -0.25) is 0 Å². The summed E-state index contributed by atoms with van der Waals surface area (Å²) >= 11 is 1.46. The molecule has 0 aliphatic heterocycles. The van der Waals surface area contributed by atoms with E-state index in [1.807, 2.05) is 0 Å². The number of halogens is 16. The van der Waals surface area contributed by atoms with Gasteiger partial charge in [0.25, 0.3) is 0 Å². The standard InChI is InChI=1S/C8H2BrF15/c9-1-2(10,11)3(12,13)4(14,15)5(16,17)6(18,19)7(20,21)8(22,23)24/h1H2. The van der Waals surface area contributed by atoms with E-state index in [1.54, 1.807) is 0 Å². The van der Waals surface area contributed by atoms with Crippen molar-refractivity contribution in [1.29, 1.82) is 0 Å². The highest BCUT2D eigenvalue weighted by molar-refractivity contribution is 9.09. The molecule has 0 rings (SSSR count). The van der Waals surface area contributed by atoms with Crippen LogP contribution in [0.25, 0.3) is 0 Å². The van der Waals surface area contributed by atoms with Gasteiger partial charge in [0, 0.05) is 0 Å². The van der Waals surface area contributed by atoms with Crippen molar-refractivity contribution in [2.75, 3.05) is 5.33 Å². The Bertz CT molecular complexity index is 461. The average Bonchev–Trinajstić information content (AvgIpc) is 2.36. The predicted octanol–water partition coefficient (Wildman–Crippen LogP) is 5.76. The van der Waals surface area contributed by atoms with Crippen LogP contribution >= 0.6 is 15.9 Å². The zero-order chi connectivity index (χ0) is 20.2. The van der Waals surface area contributed by atoms with Gasteiger partial charge in [-0.25, -0.2) is 0 Å². The van der Waals surface area contributed by atoms with Crippen LogP contribution in [0.5, 0.6) is 0 Å². The molecule has 0 heterocycles. The molecule has 0 amide bonds. The summed E-state index contributed by atoms with van der Waals surface area (Å²) in [5, 5.41) is -2.53. The SMILES string of the molecule is FC(F)(F)C(F)(F)C(F)(F)C(F)(F)C(F)(F)C(F)(F)C(F)(F)CBr. The summed E-state index contributed by atoms with van der Waals surface area (Å²) in [5.41, 5.74) is 0. The summed E-state index contributed by atoms with van der Waals surface area (Å²) in [4.78, 5) is 0. The Balaban J connectivity index is 6.42. The molecule has 0 radical (unpaired) electrons. The highest BCUT2D eigenvalue weighted by Gasteiger charge is 2.93. The minimum atomic E-state index is -8.21. The Labute approximate surface area is 130 Å². The molecule has 0 bridgehead atoms. The molecule has 0 spiro atoms. The van der Waals surface area contributed by atoms with Crippen LogP contribution in [-0.2, 0) is 0 Å². The fourth-order valence-electron chi connectivity index (χ4n) is 1.08. The second kappa shape index (κ2) is 5.72. The molecule has 0 aliphatic carbocycles. The number of rotatable bonds is 6. The second-order valence-electron chi connectivity index (χ2n) is 4.21. The Morgan fingerprint density at radius 1 is 0.417 bits per heavy atom. The minimum Gasteiger partial charge on any atom is -0.199 e. The minimum absolute atomic E-state index is 1.46. The quantitative estimate of drug-likeness (QED) is 0.348. The van der Waals surface area contributed by atoms with Gasteiger partial charge in [-0.2, -0.15) is 65.9 Å². The third kappa shape index (κ3) is 2.81. The van der Waals surface area contributed by atoms with Crippen molar-refractivity contribution in [3.05, 3.63) is 0 Å². The van der Waals surface area contributed by atoms with E-state index in [-0.39, 0.29) is 0 Å². The van der Waals surface area contributed by atoms with E-state index in [0.717, 1.165) is 0 Å². The van der Waals surface area contributed by atoms with Crippen molar-refractivity contribution in [1.82, 2.24) is 0 Å². The van der Waals surface area contributed by atoms with Gasteiger partial charge >= 0.3 is 41.7 Å². The molecular weight excluding hydrogens is 461 g/mol. The first-order valence-electron chi connectivity index (χ1n) is 4.96. The maximum absolute atomic E-state index is 12.9. The maximum Gasteiger partial charge on any atom is 0.460 e. The normalized spacial score (nSPS) is 16.5. The van der Waals surface area contributed by atoms with Crippen molar-refractivity contribution in [2.45, 2.75) is 41.7 Å². The van der Waals surface area contributed by atoms with Crippen LogP contribution in [0.2, 0.25) is 0 Å². The molecule has 0 aliphatic rings. The lowest BCUT2D eigenvalue weighted by molar-refractivity contribution is -0.451. The summed E-state index contributed by atoms with van der Waals surface area (Å²) in [6, 6.07) is 0. The second-order valence-corrected chi connectivity index (χ2v) is 4.77. The Hall–Kier alpha value is -0.570. The smallest absolute Gasteiger partial charge is 0.199 e. The number of alkyl halides is 16. The van der Waals surface area contributed by atoms with Crippen molar-refractivity contribution in [3.8, 4) is 0 Å². The highest BCUT2D eigenvalue weighted by atomic mass is 79.9. The fraction of sp³-hybridized carbons (Fsp3) is 1.00. The van der Waals surface area contributed by atoms with Crippen LogP contribution in [0.1, 0.15) is 0 Å². The van der Waals surface area contributed by atoms with Gasteiger partial charge in [0.05, 0.1) is 5.33 Å². The molecule has 0 saturated heterocycles. The van der Waals surface area contributed by atoms with E-state index in [2.05, 4.69) is 0 Å². The first kappa shape index (κ1) is 23.4. The molecule has 0 aromatic heterocycles. The molecular formula is C8H2BrF15. The zero-order valence-electron chi connectivity index (χ0n) is 10.3. The third-order valence-electron chi connectivity index (χ3n) is 2.56.